The van der Waals surface area contributed by atoms with Crippen LogP contribution in [0.5, 0.6) is 0 Å². The van der Waals surface area contributed by atoms with E-state index in [1.807, 2.05) is 42.5 Å². The molecule has 0 saturated heterocycles. The van der Waals surface area contributed by atoms with E-state index < -0.39 is 0 Å². The van der Waals surface area contributed by atoms with Crippen molar-refractivity contribution in [1.82, 2.24) is 0 Å². The lowest BCUT2D eigenvalue weighted by molar-refractivity contribution is 0.103. The number of fused-ring (bicyclic) bond motifs is 1. The number of thiophene rings is 1. The lowest BCUT2D eigenvalue weighted by Crippen LogP contribution is -2.11. The summed E-state index contributed by atoms with van der Waals surface area (Å²) in [6.45, 7) is 0. The molecule has 0 fully saturated rings. The number of halogens is 2. The summed E-state index contributed by atoms with van der Waals surface area (Å²) in [5, 5.41) is 3.78. The second-order valence-corrected chi connectivity index (χ2v) is 7.57. The Hall–Kier alpha value is -1.12. The number of rotatable bonds is 2. The van der Waals surface area contributed by atoms with Crippen LogP contribution in [0.2, 0.25) is 0 Å². The van der Waals surface area contributed by atoms with Crippen LogP contribution in [0.25, 0.3) is 10.1 Å². The average molecular weight is 473 g/mol. The van der Waals surface area contributed by atoms with Crippen molar-refractivity contribution in [3.8, 4) is 0 Å². The number of amides is 1. The highest BCUT2D eigenvalue weighted by Gasteiger charge is 2.17. The zero-order chi connectivity index (χ0) is 15.0. The predicted molar refractivity (Wildman–Crippen MR) is 101 cm³/mol. The number of carbonyl (C=O) groups is 1. The lowest BCUT2D eigenvalue weighted by Gasteiger charge is -2.04. The maximum atomic E-state index is 12.4. The fraction of sp³-hybridized carbons (Fsp3) is 0. The summed E-state index contributed by atoms with van der Waals surface area (Å²) in [7, 11) is 0. The molecule has 0 aliphatic carbocycles. The molecule has 0 atom stereocenters. The number of benzene rings is 2. The average Bonchev–Trinajstić information content (AvgIpc) is 2.80. The number of hydrogen-bond donors (Lipinski definition) is 2. The fourth-order valence-corrected chi connectivity index (χ4v) is 4.13. The third-order valence-electron chi connectivity index (χ3n) is 3.01. The Bertz CT molecular complexity index is 830. The van der Waals surface area contributed by atoms with Gasteiger partial charge < -0.3 is 11.1 Å². The number of nitrogens with one attached hydrogen (secondary N) is 1. The van der Waals surface area contributed by atoms with Crippen LogP contribution in [0.15, 0.2) is 46.9 Å². The number of nitrogen functional groups attached to an aromatic ring is 1. The third kappa shape index (κ3) is 2.93. The molecule has 6 heteroatoms. The molecule has 1 amide bonds. The second kappa shape index (κ2) is 5.94. The number of nitrogens with two attached hydrogens (primary N) is 1. The van der Waals surface area contributed by atoms with Crippen molar-refractivity contribution in [1.29, 1.82) is 0 Å². The Morgan fingerprint density at radius 3 is 2.57 bits per heavy atom. The van der Waals surface area contributed by atoms with Crippen LogP contribution in [0.4, 0.5) is 11.4 Å². The second-order valence-electron chi connectivity index (χ2n) is 4.42. The van der Waals surface area contributed by atoms with Gasteiger partial charge in [-0.15, -0.1) is 11.3 Å². The number of carbonyl (C=O) groups excluding carboxylic acids is 1. The Kier molecular flexibility index (Phi) is 4.19. The largest absolute Gasteiger partial charge is 0.397 e. The van der Waals surface area contributed by atoms with Crippen LogP contribution >= 0.6 is 49.9 Å². The molecule has 2 aromatic carbocycles. The van der Waals surface area contributed by atoms with E-state index in [1.54, 1.807) is 0 Å². The molecule has 106 valence electrons. The first-order chi connectivity index (χ1) is 10.1. The van der Waals surface area contributed by atoms with Crippen molar-refractivity contribution in [3.63, 3.8) is 0 Å². The van der Waals surface area contributed by atoms with Crippen molar-refractivity contribution in [3.05, 3.63) is 55.4 Å². The third-order valence-corrected chi connectivity index (χ3v) is 5.56. The number of hydrogen-bond acceptors (Lipinski definition) is 3. The van der Waals surface area contributed by atoms with E-state index in [9.17, 15) is 4.79 Å². The maximum Gasteiger partial charge on any atom is 0.267 e. The SMILES string of the molecule is Nc1c(C(=O)Nc2ccc(I)cc2)sc2cccc(Br)c12. The first kappa shape index (κ1) is 14.8. The zero-order valence-electron chi connectivity index (χ0n) is 10.7. The van der Waals surface area contributed by atoms with Crippen LogP contribution in [-0.2, 0) is 0 Å². The Morgan fingerprint density at radius 2 is 1.90 bits per heavy atom. The van der Waals surface area contributed by atoms with Crippen molar-refractivity contribution in [2.75, 3.05) is 11.1 Å². The van der Waals surface area contributed by atoms with Crippen LogP contribution in [0.1, 0.15) is 9.67 Å². The van der Waals surface area contributed by atoms with Gasteiger partial charge in [-0.3, -0.25) is 4.79 Å². The van der Waals surface area contributed by atoms with Gasteiger partial charge in [0.1, 0.15) is 4.88 Å². The molecule has 3 rings (SSSR count). The summed E-state index contributed by atoms with van der Waals surface area (Å²) in [6.07, 6.45) is 0. The lowest BCUT2D eigenvalue weighted by atomic mass is 10.2. The zero-order valence-corrected chi connectivity index (χ0v) is 15.3. The summed E-state index contributed by atoms with van der Waals surface area (Å²) >= 11 is 7.10. The Morgan fingerprint density at radius 1 is 1.19 bits per heavy atom. The summed E-state index contributed by atoms with van der Waals surface area (Å²) in [5.74, 6) is -0.179. The van der Waals surface area contributed by atoms with Gasteiger partial charge in [0.15, 0.2) is 0 Å². The van der Waals surface area contributed by atoms with Gasteiger partial charge in [-0.25, -0.2) is 0 Å². The maximum absolute atomic E-state index is 12.4. The van der Waals surface area contributed by atoms with Crippen molar-refractivity contribution in [2.24, 2.45) is 0 Å². The minimum Gasteiger partial charge on any atom is -0.397 e. The summed E-state index contributed by atoms with van der Waals surface area (Å²) in [5.41, 5.74) is 7.42. The van der Waals surface area contributed by atoms with Gasteiger partial charge in [-0.05, 0) is 59.0 Å². The smallest absolute Gasteiger partial charge is 0.267 e. The van der Waals surface area contributed by atoms with Gasteiger partial charge in [-0.2, -0.15) is 0 Å². The van der Waals surface area contributed by atoms with Crippen molar-refractivity contribution in [2.45, 2.75) is 0 Å². The first-order valence-corrected chi connectivity index (χ1v) is 8.78. The van der Waals surface area contributed by atoms with Crippen LogP contribution in [0.3, 0.4) is 0 Å². The van der Waals surface area contributed by atoms with E-state index in [4.69, 9.17) is 5.73 Å². The molecular formula is C15H10BrIN2OS. The van der Waals surface area contributed by atoms with Crippen molar-refractivity contribution >= 4 is 77.2 Å². The normalized spacial score (nSPS) is 10.8. The minimum atomic E-state index is -0.179. The Labute approximate surface area is 147 Å². The summed E-state index contributed by atoms with van der Waals surface area (Å²) in [6, 6.07) is 13.5. The summed E-state index contributed by atoms with van der Waals surface area (Å²) < 4.78 is 3.02. The molecule has 0 aliphatic rings. The predicted octanol–water partition coefficient (Wildman–Crippen LogP) is 5.10. The monoisotopic (exact) mass is 472 g/mol. The van der Waals surface area contributed by atoms with E-state index >= 15 is 0 Å². The van der Waals surface area contributed by atoms with Crippen LogP contribution in [-0.4, -0.2) is 5.91 Å². The summed E-state index contributed by atoms with van der Waals surface area (Å²) in [4.78, 5) is 12.9. The molecule has 0 unspecified atom stereocenters. The standard InChI is InChI=1S/C15H10BrIN2OS/c16-10-2-1-3-11-12(10)13(18)14(21-11)15(20)19-9-6-4-8(17)5-7-9/h1-7H,18H2,(H,19,20). The molecule has 3 nitrogen and oxygen atoms in total. The molecule has 0 spiro atoms. The van der Waals surface area contributed by atoms with Gasteiger partial charge in [0.2, 0.25) is 0 Å². The van der Waals surface area contributed by atoms with Gasteiger partial charge in [0.05, 0.1) is 5.69 Å². The molecule has 3 aromatic rings. The number of anilines is 2. The van der Waals surface area contributed by atoms with Crippen LogP contribution in [0, 0.1) is 3.57 Å². The highest BCUT2D eigenvalue weighted by Crippen LogP contribution is 2.38. The van der Waals surface area contributed by atoms with Gasteiger partial charge in [0, 0.05) is 23.8 Å². The van der Waals surface area contributed by atoms with E-state index in [-0.39, 0.29) is 5.91 Å². The fourth-order valence-electron chi connectivity index (χ4n) is 2.02. The van der Waals surface area contributed by atoms with E-state index in [0.29, 0.717) is 10.6 Å². The Balaban J connectivity index is 1.96. The van der Waals surface area contributed by atoms with E-state index in [2.05, 4.69) is 43.8 Å². The molecule has 0 saturated carbocycles. The molecule has 0 bridgehead atoms. The molecule has 1 aromatic heterocycles. The molecule has 1 heterocycles. The van der Waals surface area contributed by atoms with Gasteiger partial charge >= 0.3 is 0 Å². The topological polar surface area (TPSA) is 55.1 Å². The minimum absolute atomic E-state index is 0.179. The molecule has 3 N–H and O–H groups in total. The molecular weight excluding hydrogens is 463 g/mol. The molecule has 0 radical (unpaired) electrons. The quantitative estimate of drug-likeness (QED) is 0.509. The molecule has 21 heavy (non-hydrogen) atoms. The highest BCUT2D eigenvalue weighted by molar-refractivity contribution is 14.1. The van der Waals surface area contributed by atoms with Crippen LogP contribution < -0.4 is 11.1 Å². The van der Waals surface area contributed by atoms with E-state index in [1.165, 1.54) is 11.3 Å². The molecule has 0 aliphatic heterocycles. The highest BCUT2D eigenvalue weighted by atomic mass is 127. The van der Waals surface area contributed by atoms with Gasteiger partial charge in [0.25, 0.3) is 5.91 Å². The van der Waals surface area contributed by atoms with E-state index in [0.717, 1.165) is 23.8 Å². The first-order valence-electron chi connectivity index (χ1n) is 6.09. The van der Waals surface area contributed by atoms with Gasteiger partial charge in [-0.1, -0.05) is 22.0 Å². The van der Waals surface area contributed by atoms with Crippen molar-refractivity contribution < 1.29 is 4.79 Å².